The molecule has 2 atom stereocenters. The molecule has 2 fully saturated rings. The third-order valence-corrected chi connectivity index (χ3v) is 4.25. The quantitative estimate of drug-likeness (QED) is 0.524. The summed E-state index contributed by atoms with van der Waals surface area (Å²) in [5.74, 6) is 1.72. The van der Waals surface area contributed by atoms with Crippen LogP contribution in [0.4, 0.5) is 11.4 Å². The van der Waals surface area contributed by atoms with Crippen molar-refractivity contribution in [3.63, 3.8) is 0 Å². The standard InChI is InChI=1S/C20H22N2O4/c1-13-7-15(3-5-19(13)25-11-17-9-23-17)21-22-16-4-6-20(14(2)8-16)26-12-18-10-24-18/h3-8,17-18H,9-12H2,1-2H3. The minimum absolute atomic E-state index is 0.251. The molecule has 2 unspecified atom stereocenters. The minimum Gasteiger partial charge on any atom is -0.491 e. The van der Waals surface area contributed by atoms with Crippen molar-refractivity contribution in [3.8, 4) is 11.5 Å². The van der Waals surface area contributed by atoms with Gasteiger partial charge in [-0.3, -0.25) is 0 Å². The summed E-state index contributed by atoms with van der Waals surface area (Å²) in [7, 11) is 0. The van der Waals surface area contributed by atoms with E-state index in [9.17, 15) is 0 Å². The largest absolute Gasteiger partial charge is 0.491 e. The maximum atomic E-state index is 5.73. The summed E-state index contributed by atoms with van der Waals surface area (Å²) in [4.78, 5) is 0. The fourth-order valence-electron chi connectivity index (χ4n) is 2.52. The van der Waals surface area contributed by atoms with E-state index in [1.54, 1.807) is 0 Å². The Morgan fingerprint density at radius 2 is 1.23 bits per heavy atom. The summed E-state index contributed by atoms with van der Waals surface area (Å²) in [5, 5.41) is 8.65. The number of hydrogen-bond donors (Lipinski definition) is 0. The van der Waals surface area contributed by atoms with Gasteiger partial charge < -0.3 is 18.9 Å². The van der Waals surface area contributed by atoms with Gasteiger partial charge in [0.1, 0.15) is 36.9 Å². The first kappa shape index (κ1) is 17.0. The molecule has 0 spiro atoms. The van der Waals surface area contributed by atoms with E-state index in [4.69, 9.17) is 18.9 Å². The van der Waals surface area contributed by atoms with E-state index in [0.717, 1.165) is 47.2 Å². The van der Waals surface area contributed by atoms with Gasteiger partial charge in [0.2, 0.25) is 0 Å². The van der Waals surface area contributed by atoms with Crippen molar-refractivity contribution >= 4 is 11.4 Å². The summed E-state index contributed by atoms with van der Waals surface area (Å²) in [5.41, 5.74) is 3.65. The Hall–Kier alpha value is -2.44. The summed E-state index contributed by atoms with van der Waals surface area (Å²) in [6.07, 6.45) is 0.501. The van der Waals surface area contributed by atoms with Crippen LogP contribution in [-0.2, 0) is 9.47 Å². The van der Waals surface area contributed by atoms with Crippen LogP contribution in [0.2, 0.25) is 0 Å². The van der Waals surface area contributed by atoms with Gasteiger partial charge in [0, 0.05) is 0 Å². The number of nitrogens with zero attached hydrogens (tertiary/aromatic N) is 2. The number of benzene rings is 2. The fraction of sp³-hybridized carbons (Fsp3) is 0.400. The molecule has 0 N–H and O–H groups in total. The van der Waals surface area contributed by atoms with E-state index >= 15 is 0 Å². The van der Waals surface area contributed by atoms with Crippen LogP contribution in [0.25, 0.3) is 0 Å². The topological polar surface area (TPSA) is 68.2 Å². The average Bonchev–Trinajstić information content (AvgIpc) is 3.53. The van der Waals surface area contributed by atoms with Crippen molar-refractivity contribution in [1.29, 1.82) is 0 Å². The van der Waals surface area contributed by atoms with Crippen LogP contribution in [-0.4, -0.2) is 38.6 Å². The molecule has 2 saturated heterocycles. The fourth-order valence-corrected chi connectivity index (χ4v) is 2.52. The van der Waals surface area contributed by atoms with Crippen LogP contribution in [0.15, 0.2) is 46.6 Å². The summed E-state index contributed by atoms with van der Waals surface area (Å²) >= 11 is 0. The lowest BCUT2D eigenvalue weighted by Gasteiger charge is -2.08. The number of ether oxygens (including phenoxy) is 4. The minimum atomic E-state index is 0.251. The molecule has 6 heteroatoms. The number of azo groups is 1. The zero-order valence-electron chi connectivity index (χ0n) is 15.0. The van der Waals surface area contributed by atoms with Crippen LogP contribution in [0.3, 0.4) is 0 Å². The molecule has 2 aliphatic heterocycles. The molecule has 0 radical (unpaired) electrons. The summed E-state index contributed by atoms with van der Waals surface area (Å²) in [6, 6.07) is 11.6. The van der Waals surface area contributed by atoms with E-state index in [1.807, 2.05) is 50.2 Å². The monoisotopic (exact) mass is 354 g/mol. The van der Waals surface area contributed by atoms with E-state index in [2.05, 4.69) is 10.2 Å². The molecule has 0 aromatic heterocycles. The molecule has 0 bridgehead atoms. The van der Waals surface area contributed by atoms with Crippen LogP contribution in [0.5, 0.6) is 11.5 Å². The van der Waals surface area contributed by atoms with Crippen molar-refractivity contribution in [3.05, 3.63) is 47.5 Å². The predicted octanol–water partition coefficient (Wildman–Crippen LogP) is 4.27. The average molecular weight is 354 g/mol. The van der Waals surface area contributed by atoms with Gasteiger partial charge in [0.25, 0.3) is 0 Å². The first-order chi connectivity index (χ1) is 12.7. The van der Waals surface area contributed by atoms with Crippen molar-refractivity contribution < 1.29 is 18.9 Å². The second-order valence-corrected chi connectivity index (χ2v) is 6.63. The normalized spacial score (nSPS) is 21.0. The Morgan fingerprint density at radius 3 is 1.58 bits per heavy atom. The molecule has 0 aliphatic carbocycles. The molecule has 26 heavy (non-hydrogen) atoms. The van der Waals surface area contributed by atoms with Gasteiger partial charge in [0.05, 0.1) is 24.6 Å². The smallest absolute Gasteiger partial charge is 0.122 e. The zero-order chi connectivity index (χ0) is 17.9. The van der Waals surface area contributed by atoms with Gasteiger partial charge in [-0.15, -0.1) is 0 Å². The highest BCUT2D eigenvalue weighted by Gasteiger charge is 2.24. The van der Waals surface area contributed by atoms with Crippen LogP contribution in [0.1, 0.15) is 11.1 Å². The van der Waals surface area contributed by atoms with Gasteiger partial charge in [-0.1, -0.05) is 0 Å². The van der Waals surface area contributed by atoms with E-state index < -0.39 is 0 Å². The molecule has 2 aromatic carbocycles. The van der Waals surface area contributed by atoms with Gasteiger partial charge in [0.15, 0.2) is 0 Å². The molecule has 2 aliphatic rings. The van der Waals surface area contributed by atoms with Gasteiger partial charge in [-0.25, -0.2) is 0 Å². The highest BCUT2D eigenvalue weighted by Crippen LogP contribution is 2.28. The predicted molar refractivity (Wildman–Crippen MR) is 97.0 cm³/mol. The van der Waals surface area contributed by atoms with Gasteiger partial charge in [-0.2, -0.15) is 10.2 Å². The van der Waals surface area contributed by atoms with E-state index in [0.29, 0.717) is 13.2 Å². The third kappa shape index (κ3) is 4.59. The van der Waals surface area contributed by atoms with E-state index in [1.165, 1.54) is 0 Å². The van der Waals surface area contributed by atoms with Crippen LogP contribution < -0.4 is 9.47 Å². The summed E-state index contributed by atoms with van der Waals surface area (Å²) in [6.45, 7) is 6.79. The first-order valence-electron chi connectivity index (χ1n) is 8.79. The maximum absolute atomic E-state index is 5.73. The summed E-state index contributed by atoms with van der Waals surface area (Å²) < 4.78 is 21.8. The Kier molecular flexibility index (Phi) is 4.86. The molecular formula is C20H22N2O4. The number of aryl methyl sites for hydroxylation is 2. The lowest BCUT2D eigenvalue weighted by atomic mass is 10.2. The highest BCUT2D eigenvalue weighted by molar-refractivity contribution is 5.49. The molecule has 4 rings (SSSR count). The van der Waals surface area contributed by atoms with Gasteiger partial charge in [-0.05, 0) is 61.4 Å². The zero-order valence-corrected chi connectivity index (χ0v) is 15.0. The Balaban J connectivity index is 1.38. The number of epoxide rings is 2. The van der Waals surface area contributed by atoms with Crippen molar-refractivity contribution in [2.24, 2.45) is 10.2 Å². The second kappa shape index (κ2) is 7.43. The van der Waals surface area contributed by atoms with Crippen molar-refractivity contribution in [1.82, 2.24) is 0 Å². The maximum Gasteiger partial charge on any atom is 0.122 e. The Bertz CT molecular complexity index is 746. The highest BCUT2D eigenvalue weighted by atomic mass is 16.6. The van der Waals surface area contributed by atoms with Gasteiger partial charge >= 0.3 is 0 Å². The van der Waals surface area contributed by atoms with Crippen LogP contribution in [0, 0.1) is 13.8 Å². The molecule has 0 amide bonds. The van der Waals surface area contributed by atoms with Crippen LogP contribution >= 0.6 is 0 Å². The third-order valence-electron chi connectivity index (χ3n) is 4.25. The molecule has 0 saturated carbocycles. The van der Waals surface area contributed by atoms with Crippen molar-refractivity contribution in [2.45, 2.75) is 26.1 Å². The Morgan fingerprint density at radius 1 is 0.808 bits per heavy atom. The molecule has 2 heterocycles. The molecule has 2 aromatic rings. The number of hydrogen-bond acceptors (Lipinski definition) is 6. The first-order valence-corrected chi connectivity index (χ1v) is 8.79. The Labute approximate surface area is 152 Å². The SMILES string of the molecule is Cc1cc(N=Nc2ccc(OCC3CO3)c(C)c2)ccc1OCC1CO1. The lowest BCUT2D eigenvalue weighted by molar-refractivity contribution is 0.262. The number of rotatable bonds is 8. The molecular weight excluding hydrogens is 332 g/mol. The lowest BCUT2D eigenvalue weighted by Crippen LogP contribution is -2.04. The van der Waals surface area contributed by atoms with Crippen molar-refractivity contribution in [2.75, 3.05) is 26.4 Å². The molecule has 136 valence electrons. The molecule has 6 nitrogen and oxygen atoms in total. The van der Waals surface area contributed by atoms with E-state index in [-0.39, 0.29) is 12.2 Å². The second-order valence-electron chi connectivity index (χ2n) is 6.63.